The average molecular weight is 516 g/mol. The van der Waals surface area contributed by atoms with E-state index in [1.165, 1.54) is 6.20 Å². The maximum Gasteiger partial charge on any atom is 0.229 e. The number of methoxy groups -OCH3 is 1. The van der Waals surface area contributed by atoms with E-state index in [2.05, 4.69) is 36.9 Å². The third kappa shape index (κ3) is 5.95. The molecule has 35 heavy (non-hydrogen) atoms. The number of rotatable bonds is 9. The number of ether oxygens (including phenoxy) is 1. The van der Waals surface area contributed by atoms with Gasteiger partial charge in [-0.3, -0.25) is 4.31 Å². The van der Waals surface area contributed by atoms with Gasteiger partial charge in [-0.25, -0.2) is 9.19 Å². The molecule has 3 aromatic rings. The molecule has 0 radical (unpaired) electrons. The first-order valence-electron chi connectivity index (χ1n) is 11.3. The van der Waals surface area contributed by atoms with Gasteiger partial charge in [-0.1, -0.05) is 23.7 Å². The van der Waals surface area contributed by atoms with E-state index in [9.17, 15) is 4.21 Å². The third-order valence-corrected chi connectivity index (χ3v) is 6.81. The number of nitrogens with zero attached hydrogens (tertiary/aromatic N) is 4. The second kappa shape index (κ2) is 11.6. The molecule has 2 aromatic carbocycles. The lowest BCUT2D eigenvalue weighted by Gasteiger charge is -2.33. The van der Waals surface area contributed by atoms with Gasteiger partial charge in [0.2, 0.25) is 5.95 Å². The van der Waals surface area contributed by atoms with Crippen molar-refractivity contribution in [2.75, 3.05) is 54.1 Å². The van der Waals surface area contributed by atoms with E-state index < -0.39 is 0 Å². The Morgan fingerprint density at radius 2 is 1.91 bits per heavy atom. The molecule has 0 spiro atoms. The Labute approximate surface area is 214 Å². The highest BCUT2D eigenvalue weighted by atomic mass is 35.5. The van der Waals surface area contributed by atoms with Crippen LogP contribution >= 0.6 is 11.6 Å². The number of benzene rings is 2. The molecule has 1 fully saturated rings. The van der Waals surface area contributed by atoms with Crippen LogP contribution in [0.25, 0.3) is 0 Å². The van der Waals surface area contributed by atoms with Crippen LogP contribution in [0.3, 0.4) is 0 Å². The van der Waals surface area contributed by atoms with Gasteiger partial charge in [0.1, 0.15) is 22.6 Å². The predicted octanol–water partition coefficient (Wildman–Crippen LogP) is 4.11. The SMILES string of the molecule is CNC1CCN(c2ccc(Nc3ncc(Cl)c(Nc4ccccc4N(C)[SH]=O)n3)c(OC)c2)CC1. The van der Waals surface area contributed by atoms with Gasteiger partial charge in [-0.15, -0.1) is 0 Å². The van der Waals surface area contributed by atoms with E-state index in [4.69, 9.17) is 16.3 Å². The van der Waals surface area contributed by atoms with Gasteiger partial charge in [-0.2, -0.15) is 4.98 Å². The fourth-order valence-electron chi connectivity index (χ4n) is 4.07. The van der Waals surface area contributed by atoms with Gasteiger partial charge in [-0.05, 0) is 44.2 Å². The van der Waals surface area contributed by atoms with Crippen molar-refractivity contribution in [3.8, 4) is 5.75 Å². The minimum absolute atomic E-state index is 0.121. The topological polar surface area (TPSA) is 94.7 Å². The monoisotopic (exact) mass is 515 g/mol. The fraction of sp³-hybridized carbons (Fsp3) is 0.333. The molecule has 11 heteroatoms. The normalized spacial score (nSPS) is 14.0. The van der Waals surface area contributed by atoms with Gasteiger partial charge < -0.3 is 25.6 Å². The minimum Gasteiger partial charge on any atom is -0.494 e. The first-order chi connectivity index (χ1) is 17.0. The van der Waals surface area contributed by atoms with Crippen LogP contribution in [0.5, 0.6) is 5.75 Å². The number of aromatic nitrogens is 2. The molecule has 0 atom stereocenters. The van der Waals surface area contributed by atoms with Gasteiger partial charge in [0, 0.05) is 37.9 Å². The largest absolute Gasteiger partial charge is 0.494 e. The molecule has 186 valence electrons. The molecule has 1 aliphatic heterocycles. The van der Waals surface area contributed by atoms with Crippen LogP contribution in [0.2, 0.25) is 5.02 Å². The quantitative estimate of drug-likeness (QED) is 0.316. The second-order valence-corrected chi connectivity index (χ2v) is 9.37. The molecule has 2 heterocycles. The number of thiol groups is 1. The summed E-state index contributed by atoms with van der Waals surface area (Å²) < 4.78 is 18.6. The summed E-state index contributed by atoms with van der Waals surface area (Å²) >= 11 is 6.25. The Balaban J connectivity index is 1.53. The maximum atomic E-state index is 11.4. The number of nitrogens with one attached hydrogen (secondary N) is 3. The second-order valence-electron chi connectivity index (χ2n) is 8.20. The van der Waals surface area contributed by atoms with E-state index in [-0.39, 0.29) is 11.9 Å². The van der Waals surface area contributed by atoms with Crippen molar-refractivity contribution in [1.82, 2.24) is 15.3 Å². The summed E-state index contributed by atoms with van der Waals surface area (Å²) in [6.45, 7) is 2.00. The Bertz CT molecular complexity index is 1170. The number of anilines is 6. The standard InChI is InChI=1S/C24H30ClN7O2S/c1-26-16-10-12-32(13-11-16)17-8-9-20(22(14-17)34-3)29-24-27-15-18(25)23(30-24)28-19-6-4-5-7-21(19)31(2)35-33/h4-9,14-16,26,35H,10-13H2,1-3H3,(H2,27,28,29,30). The average Bonchev–Trinajstić information content (AvgIpc) is 2.90. The summed E-state index contributed by atoms with van der Waals surface area (Å²) in [5.41, 5.74) is 3.33. The van der Waals surface area contributed by atoms with Crippen molar-refractivity contribution in [2.45, 2.75) is 18.9 Å². The van der Waals surface area contributed by atoms with Crippen LogP contribution < -0.4 is 29.9 Å². The van der Waals surface area contributed by atoms with Crippen molar-refractivity contribution in [2.24, 2.45) is 0 Å². The van der Waals surface area contributed by atoms with Gasteiger partial charge in [0.25, 0.3) is 0 Å². The Kier molecular flexibility index (Phi) is 8.27. The summed E-state index contributed by atoms with van der Waals surface area (Å²) in [4.78, 5) is 11.3. The van der Waals surface area contributed by atoms with Crippen molar-refractivity contribution in [3.05, 3.63) is 53.7 Å². The third-order valence-electron chi connectivity index (χ3n) is 6.07. The lowest BCUT2D eigenvalue weighted by atomic mass is 10.0. The predicted molar refractivity (Wildman–Crippen MR) is 145 cm³/mol. The molecule has 3 N–H and O–H groups in total. The molecule has 0 aliphatic carbocycles. The van der Waals surface area contributed by atoms with Crippen molar-refractivity contribution in [1.29, 1.82) is 0 Å². The Morgan fingerprint density at radius 3 is 2.63 bits per heavy atom. The van der Waals surface area contributed by atoms with Gasteiger partial charge >= 0.3 is 0 Å². The molecule has 0 saturated carbocycles. The van der Waals surface area contributed by atoms with E-state index in [0.717, 1.165) is 43.0 Å². The van der Waals surface area contributed by atoms with Crippen LogP contribution in [0, 0.1) is 0 Å². The summed E-state index contributed by atoms with van der Waals surface area (Å²) in [6, 6.07) is 14.1. The first kappa shape index (κ1) is 25.0. The molecule has 0 amide bonds. The van der Waals surface area contributed by atoms with Crippen LogP contribution in [0.4, 0.5) is 34.5 Å². The van der Waals surface area contributed by atoms with E-state index in [1.54, 1.807) is 18.5 Å². The zero-order valence-corrected chi connectivity index (χ0v) is 21.6. The highest BCUT2D eigenvalue weighted by molar-refractivity contribution is 7.67. The number of hydrogen-bond donors (Lipinski definition) is 4. The molecule has 0 unspecified atom stereocenters. The highest BCUT2D eigenvalue weighted by Gasteiger charge is 2.19. The van der Waals surface area contributed by atoms with Crippen LogP contribution in [0.15, 0.2) is 48.7 Å². The van der Waals surface area contributed by atoms with E-state index >= 15 is 0 Å². The maximum absolute atomic E-state index is 11.4. The fourth-order valence-corrected chi connectivity index (χ4v) is 4.48. The van der Waals surface area contributed by atoms with E-state index in [0.29, 0.717) is 34.3 Å². The molecule has 1 aliphatic rings. The first-order valence-corrected chi connectivity index (χ1v) is 12.5. The van der Waals surface area contributed by atoms with Gasteiger partial charge in [0.15, 0.2) is 5.82 Å². The molecule has 1 aromatic heterocycles. The summed E-state index contributed by atoms with van der Waals surface area (Å²) in [6.07, 6.45) is 3.76. The highest BCUT2D eigenvalue weighted by Crippen LogP contribution is 2.34. The molecular formula is C24H30ClN7O2S. The Morgan fingerprint density at radius 1 is 1.14 bits per heavy atom. The van der Waals surface area contributed by atoms with Crippen LogP contribution in [-0.4, -0.2) is 54.5 Å². The number of piperidine rings is 1. The molecule has 4 rings (SSSR count). The van der Waals surface area contributed by atoms with E-state index in [1.807, 2.05) is 43.4 Å². The van der Waals surface area contributed by atoms with Crippen LogP contribution in [0.1, 0.15) is 12.8 Å². The van der Waals surface area contributed by atoms with Crippen LogP contribution in [-0.2, 0) is 11.9 Å². The molecule has 0 bridgehead atoms. The smallest absolute Gasteiger partial charge is 0.229 e. The summed E-state index contributed by atoms with van der Waals surface area (Å²) in [7, 11) is 5.39. The zero-order valence-electron chi connectivity index (χ0n) is 20.0. The lowest BCUT2D eigenvalue weighted by molar-refractivity contribution is 0.415. The number of hydrogen-bond acceptors (Lipinski definition) is 8. The number of halogens is 1. The van der Waals surface area contributed by atoms with Crippen molar-refractivity contribution in [3.63, 3.8) is 0 Å². The minimum atomic E-state index is -0.121. The zero-order chi connectivity index (χ0) is 24.8. The summed E-state index contributed by atoms with van der Waals surface area (Å²) in [5.74, 6) is 1.49. The van der Waals surface area contributed by atoms with Crippen molar-refractivity contribution < 1.29 is 8.95 Å². The molecule has 9 nitrogen and oxygen atoms in total. The van der Waals surface area contributed by atoms with Crippen molar-refractivity contribution >= 4 is 58.0 Å². The van der Waals surface area contributed by atoms with Gasteiger partial charge in [0.05, 0.1) is 30.4 Å². The lowest BCUT2D eigenvalue weighted by Crippen LogP contribution is -2.41. The molecular weight excluding hydrogens is 486 g/mol. The number of para-hydroxylation sites is 2. The Hall–Kier alpha value is -3.08. The summed E-state index contributed by atoms with van der Waals surface area (Å²) in [5, 5.41) is 10.2. The molecule has 1 saturated heterocycles.